The quantitative estimate of drug-likeness (QED) is 0.670. The molecule has 7 heteroatoms. The molecular formula is C9H9N5O2. The number of carbonyl (C=O) groups excluding carboxylic acids is 1. The van der Waals surface area contributed by atoms with Crippen LogP contribution in [0.2, 0.25) is 0 Å². The minimum atomic E-state index is -0.514. The van der Waals surface area contributed by atoms with Gasteiger partial charge in [-0.25, -0.2) is 19.4 Å². The second-order valence-electron chi connectivity index (χ2n) is 2.96. The van der Waals surface area contributed by atoms with Gasteiger partial charge in [-0.1, -0.05) is 5.21 Å². The first-order chi connectivity index (χ1) is 7.79. The molecule has 0 unspecified atom stereocenters. The maximum atomic E-state index is 11.1. The zero-order chi connectivity index (χ0) is 11.4. The van der Waals surface area contributed by atoms with E-state index in [-0.39, 0.29) is 5.69 Å². The molecule has 2 rings (SSSR count). The van der Waals surface area contributed by atoms with E-state index >= 15 is 0 Å². The fourth-order valence-electron chi connectivity index (χ4n) is 1.13. The number of hydrogen-bond donors (Lipinski definition) is 0. The van der Waals surface area contributed by atoms with Gasteiger partial charge in [-0.3, -0.25) is 0 Å². The molecule has 0 N–H and O–H groups in total. The van der Waals surface area contributed by atoms with E-state index in [1.165, 1.54) is 18.0 Å². The first-order valence-corrected chi connectivity index (χ1v) is 4.54. The third-order valence-corrected chi connectivity index (χ3v) is 1.86. The second-order valence-corrected chi connectivity index (χ2v) is 2.96. The van der Waals surface area contributed by atoms with Gasteiger partial charge in [-0.15, -0.1) is 5.10 Å². The average molecular weight is 219 g/mol. The van der Waals surface area contributed by atoms with E-state index in [9.17, 15) is 4.79 Å². The van der Waals surface area contributed by atoms with Crippen LogP contribution in [-0.4, -0.2) is 38.0 Å². The summed E-state index contributed by atoms with van der Waals surface area (Å²) in [5.41, 5.74) is 0.165. The van der Waals surface area contributed by atoms with Gasteiger partial charge in [-0.05, 0) is 6.07 Å². The topological polar surface area (TPSA) is 82.8 Å². The number of methoxy groups -OCH3 is 1. The highest BCUT2D eigenvalue weighted by atomic mass is 16.5. The van der Waals surface area contributed by atoms with Crippen molar-refractivity contribution in [3.63, 3.8) is 0 Å². The molecule has 0 fully saturated rings. The SMILES string of the molecule is COC(=O)c1cn(Cc2ncccn2)nn1. The molecule has 0 aliphatic rings. The molecule has 16 heavy (non-hydrogen) atoms. The molecule has 0 bridgehead atoms. The first-order valence-electron chi connectivity index (χ1n) is 4.54. The van der Waals surface area contributed by atoms with Crippen LogP contribution in [0.4, 0.5) is 0 Å². The summed E-state index contributed by atoms with van der Waals surface area (Å²) >= 11 is 0. The maximum Gasteiger partial charge on any atom is 0.360 e. The van der Waals surface area contributed by atoms with Gasteiger partial charge in [0.2, 0.25) is 0 Å². The lowest BCUT2D eigenvalue weighted by atomic mass is 10.5. The third kappa shape index (κ3) is 2.19. The molecule has 0 aliphatic heterocycles. The fourth-order valence-corrected chi connectivity index (χ4v) is 1.13. The van der Waals surface area contributed by atoms with Crippen LogP contribution in [0.5, 0.6) is 0 Å². The van der Waals surface area contributed by atoms with Crippen molar-refractivity contribution >= 4 is 5.97 Å². The number of esters is 1. The number of carbonyl (C=O) groups is 1. The zero-order valence-electron chi connectivity index (χ0n) is 8.57. The molecule has 2 aromatic rings. The van der Waals surface area contributed by atoms with Crippen LogP contribution in [0, 0.1) is 0 Å². The van der Waals surface area contributed by atoms with Gasteiger partial charge in [0.1, 0.15) is 12.4 Å². The van der Waals surface area contributed by atoms with E-state index < -0.39 is 5.97 Å². The van der Waals surface area contributed by atoms with E-state index in [0.717, 1.165) is 0 Å². The lowest BCUT2D eigenvalue weighted by Gasteiger charge is -1.97. The Bertz CT molecular complexity index is 482. The summed E-state index contributed by atoms with van der Waals surface area (Å²) in [5, 5.41) is 7.43. The summed E-state index contributed by atoms with van der Waals surface area (Å²) < 4.78 is 5.99. The molecule has 0 amide bonds. The molecule has 0 aromatic carbocycles. The Morgan fingerprint density at radius 2 is 2.19 bits per heavy atom. The molecule has 2 aromatic heterocycles. The molecular weight excluding hydrogens is 210 g/mol. The molecule has 0 saturated heterocycles. The maximum absolute atomic E-state index is 11.1. The van der Waals surface area contributed by atoms with Crippen molar-refractivity contribution in [3.05, 3.63) is 36.2 Å². The Hall–Kier alpha value is -2.31. The summed E-state index contributed by atoms with van der Waals surface area (Å²) in [4.78, 5) is 19.2. The van der Waals surface area contributed by atoms with Crippen molar-refractivity contribution in [2.75, 3.05) is 7.11 Å². The van der Waals surface area contributed by atoms with Gasteiger partial charge in [-0.2, -0.15) is 0 Å². The van der Waals surface area contributed by atoms with Gasteiger partial charge >= 0.3 is 5.97 Å². The predicted molar refractivity (Wildman–Crippen MR) is 52.5 cm³/mol. The van der Waals surface area contributed by atoms with E-state index in [1.54, 1.807) is 18.5 Å². The number of ether oxygens (including phenoxy) is 1. The number of nitrogens with zero attached hydrogens (tertiary/aromatic N) is 5. The van der Waals surface area contributed by atoms with Crippen LogP contribution in [0.25, 0.3) is 0 Å². The lowest BCUT2D eigenvalue weighted by molar-refractivity contribution is 0.0594. The van der Waals surface area contributed by atoms with Crippen molar-refractivity contribution in [3.8, 4) is 0 Å². The Balaban J connectivity index is 2.12. The standard InChI is InChI=1S/C9H9N5O2/c1-16-9(15)7-5-14(13-12-7)6-8-10-3-2-4-11-8/h2-5H,6H2,1H3. The average Bonchev–Trinajstić information content (AvgIpc) is 2.78. The minimum absolute atomic E-state index is 0.165. The van der Waals surface area contributed by atoms with Crippen LogP contribution in [0.15, 0.2) is 24.7 Å². The molecule has 0 saturated carbocycles. The van der Waals surface area contributed by atoms with Crippen LogP contribution in [0.1, 0.15) is 16.3 Å². The van der Waals surface area contributed by atoms with E-state index in [1.807, 2.05) is 0 Å². The Kier molecular flexibility index (Phi) is 2.86. The van der Waals surface area contributed by atoms with Crippen LogP contribution >= 0.6 is 0 Å². The monoisotopic (exact) mass is 219 g/mol. The fraction of sp³-hybridized carbons (Fsp3) is 0.222. The third-order valence-electron chi connectivity index (χ3n) is 1.86. The van der Waals surface area contributed by atoms with E-state index in [0.29, 0.717) is 12.4 Å². The summed E-state index contributed by atoms with van der Waals surface area (Å²) in [6, 6.07) is 1.73. The highest BCUT2D eigenvalue weighted by Gasteiger charge is 2.10. The van der Waals surface area contributed by atoms with Crippen molar-refractivity contribution in [2.45, 2.75) is 6.54 Å². The Morgan fingerprint density at radius 1 is 1.44 bits per heavy atom. The predicted octanol–water partition coefficient (Wildman–Crippen LogP) is -0.0970. The molecule has 0 atom stereocenters. The summed E-state index contributed by atoms with van der Waals surface area (Å²) in [5.74, 6) is 0.0871. The Morgan fingerprint density at radius 3 is 2.88 bits per heavy atom. The molecule has 0 radical (unpaired) electrons. The summed E-state index contributed by atoms with van der Waals surface area (Å²) in [6.07, 6.45) is 4.77. The number of aromatic nitrogens is 5. The summed E-state index contributed by atoms with van der Waals surface area (Å²) in [7, 11) is 1.29. The van der Waals surface area contributed by atoms with Crippen molar-refractivity contribution in [1.82, 2.24) is 25.0 Å². The molecule has 7 nitrogen and oxygen atoms in total. The van der Waals surface area contributed by atoms with Gasteiger partial charge < -0.3 is 4.74 Å². The van der Waals surface area contributed by atoms with Crippen molar-refractivity contribution < 1.29 is 9.53 Å². The van der Waals surface area contributed by atoms with Gasteiger partial charge in [0.15, 0.2) is 5.69 Å². The smallest absolute Gasteiger partial charge is 0.360 e. The molecule has 2 heterocycles. The molecule has 0 aliphatic carbocycles. The summed E-state index contributed by atoms with van der Waals surface area (Å²) in [6.45, 7) is 0.366. The number of rotatable bonds is 3. The highest BCUT2D eigenvalue weighted by Crippen LogP contribution is 1.97. The van der Waals surface area contributed by atoms with Crippen LogP contribution in [0.3, 0.4) is 0 Å². The second kappa shape index (κ2) is 4.47. The van der Waals surface area contributed by atoms with Gasteiger partial charge in [0.05, 0.1) is 13.3 Å². The minimum Gasteiger partial charge on any atom is -0.464 e. The van der Waals surface area contributed by atoms with Crippen LogP contribution in [-0.2, 0) is 11.3 Å². The normalized spacial score (nSPS) is 10.1. The first kappa shape index (κ1) is 10.2. The van der Waals surface area contributed by atoms with Crippen molar-refractivity contribution in [2.24, 2.45) is 0 Å². The largest absolute Gasteiger partial charge is 0.464 e. The molecule has 0 spiro atoms. The highest BCUT2D eigenvalue weighted by molar-refractivity contribution is 5.86. The number of hydrogen-bond acceptors (Lipinski definition) is 6. The molecule has 82 valence electrons. The van der Waals surface area contributed by atoms with Gasteiger partial charge in [0, 0.05) is 12.4 Å². The van der Waals surface area contributed by atoms with Crippen LogP contribution < -0.4 is 0 Å². The van der Waals surface area contributed by atoms with Gasteiger partial charge in [0.25, 0.3) is 0 Å². The zero-order valence-corrected chi connectivity index (χ0v) is 8.57. The lowest BCUT2D eigenvalue weighted by Crippen LogP contribution is -2.04. The van der Waals surface area contributed by atoms with E-state index in [4.69, 9.17) is 0 Å². The van der Waals surface area contributed by atoms with E-state index in [2.05, 4.69) is 25.0 Å². The van der Waals surface area contributed by atoms with Crippen molar-refractivity contribution in [1.29, 1.82) is 0 Å². The Labute approximate surface area is 91.1 Å².